The number of rotatable bonds is 3. The summed E-state index contributed by atoms with van der Waals surface area (Å²) in [6, 6.07) is 1.78. The fourth-order valence-electron chi connectivity index (χ4n) is 3.48. The zero-order valence-corrected chi connectivity index (χ0v) is 14.3. The Hall–Kier alpha value is 0.0500. The lowest BCUT2D eigenvalue weighted by atomic mass is 9.94. The van der Waals surface area contributed by atoms with E-state index in [0.29, 0.717) is 26.0 Å². The van der Waals surface area contributed by atoms with Crippen molar-refractivity contribution in [2.45, 2.75) is 49.6 Å². The molecule has 3 rings (SSSR count). The molecule has 7 heteroatoms. The molecule has 1 aromatic rings. The van der Waals surface area contributed by atoms with Gasteiger partial charge in [-0.2, -0.15) is 4.31 Å². The molecule has 112 valence electrons. The molecule has 2 aliphatic rings. The smallest absolute Gasteiger partial charge is 0.245 e. The molecule has 1 aliphatic carbocycles. The van der Waals surface area contributed by atoms with Gasteiger partial charge in [0, 0.05) is 17.5 Å². The summed E-state index contributed by atoms with van der Waals surface area (Å²) in [5.74, 6) is 0.535. The normalized spacial score (nSPS) is 27.7. The Balaban J connectivity index is 1.96. The van der Waals surface area contributed by atoms with Gasteiger partial charge < -0.3 is 5.11 Å². The van der Waals surface area contributed by atoms with E-state index < -0.39 is 10.0 Å². The van der Waals surface area contributed by atoms with Gasteiger partial charge in [0.05, 0.1) is 10.4 Å². The summed E-state index contributed by atoms with van der Waals surface area (Å²) in [7, 11) is -3.45. The lowest BCUT2D eigenvalue weighted by molar-refractivity contribution is 0.202. The number of halogens is 1. The molecule has 0 spiro atoms. The summed E-state index contributed by atoms with van der Waals surface area (Å²) in [6.45, 7) is 0.505. The topological polar surface area (TPSA) is 57.6 Å². The van der Waals surface area contributed by atoms with Gasteiger partial charge in [-0.15, -0.1) is 11.3 Å². The van der Waals surface area contributed by atoms with Crippen molar-refractivity contribution in [2.24, 2.45) is 5.92 Å². The Morgan fingerprint density at radius 2 is 2.10 bits per heavy atom. The molecule has 4 nitrogen and oxygen atoms in total. The molecule has 2 fully saturated rings. The van der Waals surface area contributed by atoms with Gasteiger partial charge in [0.25, 0.3) is 0 Å². The van der Waals surface area contributed by atoms with E-state index in [1.807, 2.05) is 0 Å². The maximum atomic E-state index is 12.9. The van der Waals surface area contributed by atoms with Crippen molar-refractivity contribution in [3.8, 4) is 0 Å². The average Bonchev–Trinajstić information content (AvgIpc) is 3.03. The molecule has 1 aromatic heterocycles. The number of hydrogen-bond donors (Lipinski definition) is 1. The maximum absolute atomic E-state index is 12.9. The van der Waals surface area contributed by atoms with Gasteiger partial charge in [-0.25, -0.2) is 8.42 Å². The fraction of sp³-hybridized carbons (Fsp3) is 0.692. The first kappa shape index (κ1) is 15.0. The van der Waals surface area contributed by atoms with Gasteiger partial charge in [-0.05, 0) is 53.6 Å². The van der Waals surface area contributed by atoms with Crippen LogP contribution in [0.3, 0.4) is 0 Å². The molecule has 0 aromatic carbocycles. The van der Waals surface area contributed by atoms with Crippen molar-refractivity contribution in [1.29, 1.82) is 0 Å². The van der Waals surface area contributed by atoms with E-state index in [4.69, 9.17) is 0 Å². The molecule has 20 heavy (non-hydrogen) atoms. The molecule has 2 heterocycles. The van der Waals surface area contributed by atoms with Crippen LogP contribution in [0.15, 0.2) is 14.7 Å². The van der Waals surface area contributed by atoms with Gasteiger partial charge in [0.2, 0.25) is 10.0 Å². The fourth-order valence-corrected chi connectivity index (χ4v) is 7.73. The monoisotopic (exact) mass is 379 g/mol. The number of piperidine rings is 1. The molecule has 1 saturated carbocycles. The highest BCUT2D eigenvalue weighted by molar-refractivity contribution is 9.11. The minimum absolute atomic E-state index is 0.120. The summed E-state index contributed by atoms with van der Waals surface area (Å²) < 4.78 is 28.1. The molecule has 0 amide bonds. The van der Waals surface area contributed by atoms with Crippen LogP contribution >= 0.6 is 27.3 Å². The predicted molar refractivity (Wildman–Crippen MR) is 82.2 cm³/mol. The van der Waals surface area contributed by atoms with Crippen LogP contribution in [0, 0.1) is 5.92 Å². The highest BCUT2D eigenvalue weighted by atomic mass is 79.9. The predicted octanol–water partition coefficient (Wildman–Crippen LogP) is 2.96. The van der Waals surface area contributed by atoms with Crippen molar-refractivity contribution in [1.82, 2.24) is 4.31 Å². The number of sulfonamides is 1. The standard InChI is InChI=1S/C13H18BrNO3S2/c14-13-12(7-10(8-16)19-13)20(17,18)15-6-2-4-9-3-1-5-11(9)15/h7,9,11,16H,1-6,8H2. The van der Waals surface area contributed by atoms with Crippen LogP contribution in [-0.2, 0) is 16.6 Å². The SMILES string of the molecule is O=S(=O)(c1cc(CO)sc1Br)N1CCCC2CCCC21. The first-order valence-electron chi connectivity index (χ1n) is 6.95. The summed E-state index contributed by atoms with van der Waals surface area (Å²) in [6.07, 6.45) is 5.38. The second-order valence-electron chi connectivity index (χ2n) is 5.53. The number of fused-ring (bicyclic) bond motifs is 1. The minimum Gasteiger partial charge on any atom is -0.391 e. The highest BCUT2D eigenvalue weighted by Crippen LogP contribution is 2.41. The van der Waals surface area contributed by atoms with Crippen molar-refractivity contribution in [3.05, 3.63) is 14.7 Å². The van der Waals surface area contributed by atoms with Crippen molar-refractivity contribution in [2.75, 3.05) is 6.54 Å². The Labute approximate surface area is 132 Å². The third-order valence-corrected chi connectivity index (χ3v) is 8.55. The van der Waals surface area contributed by atoms with Gasteiger partial charge in [0.1, 0.15) is 4.90 Å². The number of hydrogen-bond acceptors (Lipinski definition) is 4. The van der Waals surface area contributed by atoms with Crippen LogP contribution in [0.5, 0.6) is 0 Å². The zero-order valence-electron chi connectivity index (χ0n) is 11.1. The zero-order chi connectivity index (χ0) is 14.3. The number of aliphatic hydroxyl groups excluding tert-OH is 1. The van der Waals surface area contributed by atoms with E-state index in [2.05, 4.69) is 15.9 Å². The Morgan fingerprint density at radius 1 is 1.35 bits per heavy atom. The van der Waals surface area contributed by atoms with Gasteiger partial charge in [0.15, 0.2) is 0 Å². The molecule has 0 radical (unpaired) electrons. The highest BCUT2D eigenvalue weighted by Gasteiger charge is 2.42. The number of aliphatic hydroxyl groups is 1. The average molecular weight is 380 g/mol. The quantitative estimate of drug-likeness (QED) is 0.877. The van der Waals surface area contributed by atoms with E-state index in [1.165, 1.54) is 11.3 Å². The van der Waals surface area contributed by atoms with Gasteiger partial charge >= 0.3 is 0 Å². The van der Waals surface area contributed by atoms with E-state index in [1.54, 1.807) is 10.4 Å². The van der Waals surface area contributed by atoms with Crippen molar-refractivity contribution in [3.63, 3.8) is 0 Å². The summed E-state index contributed by atoms with van der Waals surface area (Å²) in [5.41, 5.74) is 0. The molecule has 1 saturated heterocycles. The molecule has 2 atom stereocenters. The first-order chi connectivity index (χ1) is 9.54. The van der Waals surface area contributed by atoms with Crippen LogP contribution in [0.4, 0.5) is 0 Å². The Bertz CT molecular complexity index is 599. The van der Waals surface area contributed by atoms with Crippen LogP contribution < -0.4 is 0 Å². The number of nitrogens with zero attached hydrogens (tertiary/aromatic N) is 1. The van der Waals surface area contributed by atoms with Crippen LogP contribution in [0.2, 0.25) is 0 Å². The maximum Gasteiger partial charge on any atom is 0.245 e. The second-order valence-corrected chi connectivity index (χ2v) is 9.84. The number of thiophene rings is 1. The van der Waals surface area contributed by atoms with E-state index in [0.717, 1.165) is 32.1 Å². The van der Waals surface area contributed by atoms with Crippen molar-refractivity contribution < 1.29 is 13.5 Å². The van der Waals surface area contributed by atoms with Gasteiger partial charge in [-0.1, -0.05) is 6.42 Å². The van der Waals surface area contributed by atoms with E-state index in [9.17, 15) is 13.5 Å². The lowest BCUT2D eigenvalue weighted by Gasteiger charge is -2.36. The van der Waals surface area contributed by atoms with Crippen LogP contribution in [0.25, 0.3) is 0 Å². The Kier molecular flexibility index (Phi) is 4.25. The molecule has 1 N–H and O–H groups in total. The van der Waals surface area contributed by atoms with Crippen LogP contribution in [0.1, 0.15) is 37.0 Å². The van der Waals surface area contributed by atoms with Crippen LogP contribution in [-0.4, -0.2) is 30.4 Å². The summed E-state index contributed by atoms with van der Waals surface area (Å²) in [4.78, 5) is 0.995. The van der Waals surface area contributed by atoms with Gasteiger partial charge in [-0.3, -0.25) is 0 Å². The summed E-state index contributed by atoms with van der Waals surface area (Å²) in [5, 5.41) is 9.18. The first-order valence-corrected chi connectivity index (χ1v) is 10.00. The Morgan fingerprint density at radius 3 is 2.80 bits per heavy atom. The summed E-state index contributed by atoms with van der Waals surface area (Å²) >= 11 is 4.63. The largest absolute Gasteiger partial charge is 0.391 e. The molecular formula is C13H18BrNO3S2. The molecule has 0 bridgehead atoms. The molecular weight excluding hydrogens is 362 g/mol. The van der Waals surface area contributed by atoms with E-state index in [-0.39, 0.29) is 12.6 Å². The second kappa shape index (κ2) is 5.68. The van der Waals surface area contributed by atoms with Crippen molar-refractivity contribution >= 4 is 37.3 Å². The molecule has 1 aliphatic heterocycles. The van der Waals surface area contributed by atoms with E-state index >= 15 is 0 Å². The third kappa shape index (κ3) is 2.47. The lowest BCUT2D eigenvalue weighted by Crippen LogP contribution is -2.46. The molecule has 2 unspecified atom stereocenters. The third-order valence-electron chi connectivity index (χ3n) is 4.39. The minimum atomic E-state index is -3.45.